The van der Waals surface area contributed by atoms with E-state index in [4.69, 9.17) is 0 Å². The number of aryl methyl sites for hydroxylation is 1. The van der Waals surface area contributed by atoms with Crippen molar-refractivity contribution in [3.63, 3.8) is 0 Å². The number of hydrazone groups is 1. The minimum absolute atomic E-state index is 0.0253. The number of amides is 1. The molecule has 0 spiro atoms. The van der Waals surface area contributed by atoms with E-state index >= 15 is 0 Å². The summed E-state index contributed by atoms with van der Waals surface area (Å²) in [5.74, 6) is 0.335. The highest BCUT2D eigenvalue weighted by atomic mass is 32.1. The average Bonchev–Trinajstić information content (AvgIpc) is 2.60. The van der Waals surface area contributed by atoms with Gasteiger partial charge in [0.25, 0.3) is 0 Å². The van der Waals surface area contributed by atoms with Gasteiger partial charge < -0.3 is 0 Å². The number of nitrogens with one attached hydrogen (secondary N) is 1. The molecule has 0 radical (unpaired) electrons. The van der Waals surface area contributed by atoms with E-state index in [0.717, 1.165) is 10.6 Å². The SMILES string of the molecule is C/C(=N\NC(=O)CC(C)C)c1ccc(C)s1. The van der Waals surface area contributed by atoms with Crippen molar-refractivity contribution in [3.05, 3.63) is 21.9 Å². The molecule has 1 N–H and O–H groups in total. The third-order valence-corrected chi connectivity index (χ3v) is 3.15. The average molecular weight is 238 g/mol. The summed E-state index contributed by atoms with van der Waals surface area (Å²) in [6.07, 6.45) is 0.514. The largest absolute Gasteiger partial charge is 0.273 e. The zero-order valence-corrected chi connectivity index (χ0v) is 11.0. The van der Waals surface area contributed by atoms with Crippen molar-refractivity contribution in [2.45, 2.75) is 34.1 Å². The standard InChI is InChI=1S/C12H18N2OS/c1-8(2)7-12(15)14-13-10(4)11-6-5-9(3)16-11/h5-6,8H,7H2,1-4H3,(H,14,15)/b13-10+. The van der Waals surface area contributed by atoms with Crippen LogP contribution in [0.2, 0.25) is 0 Å². The first-order chi connectivity index (χ1) is 7.49. The molecule has 0 unspecified atom stereocenters. The molecule has 0 aliphatic rings. The summed E-state index contributed by atoms with van der Waals surface area (Å²) in [6.45, 7) is 7.98. The van der Waals surface area contributed by atoms with E-state index in [-0.39, 0.29) is 5.91 Å². The van der Waals surface area contributed by atoms with Crippen LogP contribution in [-0.4, -0.2) is 11.6 Å². The van der Waals surface area contributed by atoms with E-state index in [9.17, 15) is 4.79 Å². The van der Waals surface area contributed by atoms with Crippen LogP contribution in [0.25, 0.3) is 0 Å². The summed E-state index contributed by atoms with van der Waals surface area (Å²) < 4.78 is 0. The highest BCUT2D eigenvalue weighted by Gasteiger charge is 2.04. The van der Waals surface area contributed by atoms with Crippen molar-refractivity contribution in [3.8, 4) is 0 Å². The fraction of sp³-hybridized carbons (Fsp3) is 0.500. The van der Waals surface area contributed by atoms with Gasteiger partial charge in [-0.15, -0.1) is 11.3 Å². The van der Waals surface area contributed by atoms with Gasteiger partial charge in [0.2, 0.25) is 5.91 Å². The monoisotopic (exact) mass is 238 g/mol. The molecule has 0 aliphatic carbocycles. The number of thiophene rings is 1. The molecule has 88 valence electrons. The molecule has 0 fully saturated rings. The second kappa shape index (κ2) is 5.80. The number of rotatable bonds is 4. The number of carbonyl (C=O) groups is 1. The maximum absolute atomic E-state index is 11.4. The maximum atomic E-state index is 11.4. The van der Waals surface area contributed by atoms with E-state index in [2.05, 4.69) is 23.5 Å². The van der Waals surface area contributed by atoms with Crippen molar-refractivity contribution in [2.75, 3.05) is 0 Å². The Morgan fingerprint density at radius 2 is 2.19 bits per heavy atom. The van der Waals surface area contributed by atoms with Crippen molar-refractivity contribution < 1.29 is 4.79 Å². The van der Waals surface area contributed by atoms with Gasteiger partial charge in [-0.1, -0.05) is 13.8 Å². The highest BCUT2D eigenvalue weighted by molar-refractivity contribution is 7.14. The molecule has 4 heteroatoms. The molecule has 0 saturated carbocycles. The van der Waals surface area contributed by atoms with Gasteiger partial charge in [0.05, 0.1) is 10.6 Å². The lowest BCUT2D eigenvalue weighted by atomic mass is 10.1. The van der Waals surface area contributed by atoms with Crippen LogP contribution >= 0.6 is 11.3 Å². The molecule has 3 nitrogen and oxygen atoms in total. The molecule has 1 aromatic rings. The molecule has 0 saturated heterocycles. The van der Waals surface area contributed by atoms with E-state index in [1.54, 1.807) is 11.3 Å². The smallest absolute Gasteiger partial charge is 0.240 e. The third-order valence-electron chi connectivity index (χ3n) is 2.04. The number of hydrogen-bond acceptors (Lipinski definition) is 3. The Hall–Kier alpha value is -1.16. The van der Waals surface area contributed by atoms with Gasteiger partial charge in [0.15, 0.2) is 0 Å². The van der Waals surface area contributed by atoms with Crippen LogP contribution in [0.4, 0.5) is 0 Å². The summed E-state index contributed by atoms with van der Waals surface area (Å²) in [7, 11) is 0. The van der Waals surface area contributed by atoms with Gasteiger partial charge in [0, 0.05) is 11.3 Å². The van der Waals surface area contributed by atoms with Gasteiger partial charge in [-0.3, -0.25) is 4.79 Å². The molecule has 1 aromatic heterocycles. The third kappa shape index (κ3) is 4.14. The summed E-state index contributed by atoms with van der Waals surface area (Å²) in [5.41, 5.74) is 3.43. The minimum Gasteiger partial charge on any atom is -0.273 e. The van der Waals surface area contributed by atoms with Crippen LogP contribution in [0.3, 0.4) is 0 Å². The Morgan fingerprint density at radius 3 is 2.69 bits per heavy atom. The Kier molecular flexibility index (Phi) is 4.68. The molecule has 0 bridgehead atoms. The molecule has 0 aromatic carbocycles. The number of nitrogens with zero attached hydrogens (tertiary/aromatic N) is 1. The normalized spacial score (nSPS) is 11.9. The Labute approximate surface area is 101 Å². The first kappa shape index (κ1) is 12.9. The second-order valence-corrected chi connectivity index (χ2v) is 5.53. The summed E-state index contributed by atoms with van der Waals surface area (Å²) >= 11 is 1.68. The quantitative estimate of drug-likeness (QED) is 0.636. The maximum Gasteiger partial charge on any atom is 0.240 e. The highest BCUT2D eigenvalue weighted by Crippen LogP contribution is 2.15. The second-order valence-electron chi connectivity index (χ2n) is 4.24. The van der Waals surface area contributed by atoms with Crippen LogP contribution in [-0.2, 0) is 4.79 Å². The van der Waals surface area contributed by atoms with E-state index in [1.165, 1.54) is 4.88 Å². The Morgan fingerprint density at radius 1 is 1.50 bits per heavy atom. The van der Waals surface area contributed by atoms with Crippen molar-refractivity contribution in [1.82, 2.24) is 5.43 Å². The van der Waals surface area contributed by atoms with E-state index in [1.807, 2.05) is 26.8 Å². The molecule has 1 amide bonds. The Balaban J connectivity index is 2.54. The molecule has 1 heterocycles. The Bertz CT molecular complexity index is 393. The van der Waals surface area contributed by atoms with Crippen LogP contribution in [0.15, 0.2) is 17.2 Å². The molecular formula is C12H18N2OS. The van der Waals surface area contributed by atoms with Gasteiger partial charge in [-0.05, 0) is 31.9 Å². The van der Waals surface area contributed by atoms with Crippen LogP contribution < -0.4 is 5.43 Å². The first-order valence-electron chi connectivity index (χ1n) is 5.39. The van der Waals surface area contributed by atoms with Crippen LogP contribution in [0, 0.1) is 12.8 Å². The fourth-order valence-corrected chi connectivity index (χ4v) is 2.06. The van der Waals surface area contributed by atoms with Gasteiger partial charge in [0.1, 0.15) is 0 Å². The van der Waals surface area contributed by atoms with Gasteiger partial charge in [-0.25, -0.2) is 5.43 Å². The van der Waals surface area contributed by atoms with Gasteiger partial charge >= 0.3 is 0 Å². The van der Waals surface area contributed by atoms with Crippen molar-refractivity contribution >= 4 is 23.0 Å². The number of hydrogen-bond donors (Lipinski definition) is 1. The van der Waals surface area contributed by atoms with E-state index < -0.39 is 0 Å². The molecular weight excluding hydrogens is 220 g/mol. The molecule has 16 heavy (non-hydrogen) atoms. The van der Waals surface area contributed by atoms with Gasteiger partial charge in [-0.2, -0.15) is 5.10 Å². The predicted octanol–water partition coefficient (Wildman–Crippen LogP) is 2.94. The van der Waals surface area contributed by atoms with Crippen LogP contribution in [0.1, 0.15) is 36.9 Å². The van der Waals surface area contributed by atoms with Crippen LogP contribution in [0.5, 0.6) is 0 Å². The predicted molar refractivity (Wildman–Crippen MR) is 68.9 cm³/mol. The fourth-order valence-electron chi connectivity index (χ4n) is 1.25. The lowest BCUT2D eigenvalue weighted by Gasteiger charge is -2.03. The molecule has 0 atom stereocenters. The molecule has 0 aliphatic heterocycles. The lowest BCUT2D eigenvalue weighted by Crippen LogP contribution is -2.20. The van der Waals surface area contributed by atoms with E-state index in [0.29, 0.717) is 12.3 Å². The number of carbonyl (C=O) groups excluding carboxylic acids is 1. The lowest BCUT2D eigenvalue weighted by molar-refractivity contribution is -0.121. The summed E-state index contributed by atoms with van der Waals surface area (Å²) in [6, 6.07) is 4.07. The topological polar surface area (TPSA) is 41.5 Å². The first-order valence-corrected chi connectivity index (χ1v) is 6.20. The summed E-state index contributed by atoms with van der Waals surface area (Å²) in [5, 5.41) is 4.09. The van der Waals surface area contributed by atoms with Crippen molar-refractivity contribution in [1.29, 1.82) is 0 Å². The zero-order chi connectivity index (χ0) is 12.1. The van der Waals surface area contributed by atoms with Crippen molar-refractivity contribution in [2.24, 2.45) is 11.0 Å². The summed E-state index contributed by atoms with van der Waals surface area (Å²) in [4.78, 5) is 13.7. The molecule has 1 rings (SSSR count). The zero-order valence-electron chi connectivity index (χ0n) is 10.2. The minimum atomic E-state index is -0.0253.